The van der Waals surface area contributed by atoms with Gasteiger partial charge in [0.15, 0.2) is 0 Å². The van der Waals surface area contributed by atoms with E-state index in [0.29, 0.717) is 37.3 Å². The topological polar surface area (TPSA) is 125 Å². The van der Waals surface area contributed by atoms with Gasteiger partial charge in [-0.3, -0.25) is 4.72 Å². The van der Waals surface area contributed by atoms with Crippen molar-refractivity contribution in [2.24, 2.45) is 5.92 Å². The summed E-state index contributed by atoms with van der Waals surface area (Å²) in [5.74, 6) is -1.01. The molecule has 2 aliphatic rings. The van der Waals surface area contributed by atoms with E-state index >= 15 is 0 Å². The van der Waals surface area contributed by atoms with Crippen LogP contribution in [0.5, 0.6) is 0 Å². The standard InChI is InChI=1S/C28H37N3O6S/c1-28(2,3)37-27(34)31-16-8-9-19(18-31)17-29-22-12-6-7-13-24(22)38(35,36)30-23-15-14-20-10-4-5-11-21(20)25(23)26(32)33/h6-7,12-15,19,29-30H,4-5,8-11,16-18H2,1-3H3,(H,32,33). The number of para-hydroxylation sites is 1. The van der Waals surface area contributed by atoms with Crippen molar-refractivity contribution in [2.75, 3.05) is 29.7 Å². The second-order valence-corrected chi connectivity index (χ2v) is 12.7. The molecule has 1 saturated heterocycles. The first-order valence-electron chi connectivity index (χ1n) is 13.2. The van der Waals surface area contributed by atoms with Crippen LogP contribution in [-0.2, 0) is 27.6 Å². The number of hydrogen-bond acceptors (Lipinski definition) is 6. The van der Waals surface area contributed by atoms with Gasteiger partial charge in [-0.25, -0.2) is 18.0 Å². The second kappa shape index (κ2) is 11.2. The maximum absolute atomic E-state index is 13.5. The molecule has 0 radical (unpaired) electrons. The maximum atomic E-state index is 13.5. The van der Waals surface area contributed by atoms with Gasteiger partial charge in [-0.2, -0.15) is 0 Å². The molecule has 1 amide bonds. The number of piperidine rings is 1. The van der Waals surface area contributed by atoms with Crippen molar-refractivity contribution in [3.05, 3.63) is 53.1 Å². The predicted molar refractivity (Wildman–Crippen MR) is 146 cm³/mol. The molecule has 4 rings (SSSR count). The highest BCUT2D eigenvalue weighted by Gasteiger charge is 2.29. The summed E-state index contributed by atoms with van der Waals surface area (Å²) < 4.78 is 35.0. The van der Waals surface area contributed by atoms with Crippen LogP contribution < -0.4 is 10.0 Å². The SMILES string of the molecule is CC(C)(C)OC(=O)N1CCCC(CNc2ccccc2S(=O)(=O)Nc2ccc3c(c2C(=O)O)CCCC3)C1. The largest absolute Gasteiger partial charge is 0.478 e. The molecule has 206 valence electrons. The number of ether oxygens (including phenoxy) is 1. The Morgan fingerprint density at radius 2 is 1.79 bits per heavy atom. The number of likely N-dealkylation sites (tertiary alicyclic amines) is 1. The number of carboxylic acids is 1. The Morgan fingerprint density at radius 1 is 1.05 bits per heavy atom. The number of carbonyl (C=O) groups is 2. The molecule has 9 nitrogen and oxygen atoms in total. The lowest BCUT2D eigenvalue weighted by Gasteiger charge is -2.34. The van der Waals surface area contributed by atoms with E-state index in [4.69, 9.17) is 4.74 Å². The van der Waals surface area contributed by atoms with E-state index in [0.717, 1.165) is 37.7 Å². The number of hydrogen-bond donors (Lipinski definition) is 3. The molecular formula is C28H37N3O6S. The number of aromatic carboxylic acids is 1. The minimum atomic E-state index is -4.08. The molecule has 38 heavy (non-hydrogen) atoms. The molecule has 0 saturated carbocycles. The van der Waals surface area contributed by atoms with E-state index in [1.165, 1.54) is 6.07 Å². The summed E-state index contributed by atoms with van der Waals surface area (Å²) >= 11 is 0. The van der Waals surface area contributed by atoms with Crippen LogP contribution in [0, 0.1) is 5.92 Å². The van der Waals surface area contributed by atoms with Crippen LogP contribution in [0.3, 0.4) is 0 Å². The van der Waals surface area contributed by atoms with Crippen LogP contribution in [0.1, 0.15) is 67.9 Å². The average molecular weight is 544 g/mol. The lowest BCUT2D eigenvalue weighted by atomic mass is 9.87. The van der Waals surface area contributed by atoms with Crippen LogP contribution in [0.25, 0.3) is 0 Å². The van der Waals surface area contributed by atoms with E-state index in [9.17, 15) is 23.1 Å². The zero-order valence-electron chi connectivity index (χ0n) is 22.2. The fraction of sp³-hybridized carbons (Fsp3) is 0.500. The Bertz CT molecular complexity index is 1300. The van der Waals surface area contributed by atoms with Gasteiger partial charge in [0.25, 0.3) is 10.0 Å². The fourth-order valence-electron chi connectivity index (χ4n) is 5.18. The van der Waals surface area contributed by atoms with E-state index < -0.39 is 21.6 Å². The quantitative estimate of drug-likeness (QED) is 0.442. The Balaban J connectivity index is 1.50. The van der Waals surface area contributed by atoms with Crippen molar-refractivity contribution >= 4 is 33.5 Å². The number of benzene rings is 2. The predicted octanol–water partition coefficient (Wildman–Crippen LogP) is 5.12. The van der Waals surface area contributed by atoms with Crippen LogP contribution in [-0.4, -0.2) is 55.7 Å². The van der Waals surface area contributed by atoms with Gasteiger partial charge in [0, 0.05) is 19.6 Å². The number of nitrogens with zero attached hydrogens (tertiary/aromatic N) is 1. The van der Waals surface area contributed by atoms with Gasteiger partial charge in [-0.05, 0) is 94.5 Å². The zero-order valence-corrected chi connectivity index (χ0v) is 23.1. The van der Waals surface area contributed by atoms with Gasteiger partial charge in [0.1, 0.15) is 10.5 Å². The molecule has 1 aliphatic carbocycles. The Hall–Kier alpha value is -3.27. The molecular weight excluding hydrogens is 506 g/mol. The highest BCUT2D eigenvalue weighted by molar-refractivity contribution is 7.92. The van der Waals surface area contributed by atoms with Crippen LogP contribution in [0.2, 0.25) is 0 Å². The third-order valence-corrected chi connectivity index (χ3v) is 8.34. The molecule has 3 N–H and O–H groups in total. The first kappa shape index (κ1) is 27.8. The third-order valence-electron chi connectivity index (χ3n) is 6.92. The number of carbonyl (C=O) groups excluding carboxylic acids is 1. The van der Waals surface area contributed by atoms with Crippen molar-refractivity contribution in [2.45, 2.75) is 69.8 Å². The molecule has 1 unspecified atom stereocenters. The summed E-state index contributed by atoms with van der Waals surface area (Å²) in [5.41, 5.74) is 1.63. The molecule has 10 heteroatoms. The molecule has 2 aromatic rings. The highest BCUT2D eigenvalue weighted by atomic mass is 32.2. The summed E-state index contributed by atoms with van der Waals surface area (Å²) in [5, 5.41) is 13.2. The Morgan fingerprint density at radius 3 is 2.53 bits per heavy atom. The smallest absolute Gasteiger partial charge is 0.410 e. The number of rotatable bonds is 7. The number of nitrogens with one attached hydrogen (secondary N) is 2. The molecule has 0 spiro atoms. The van der Waals surface area contributed by atoms with Gasteiger partial charge < -0.3 is 20.1 Å². The monoisotopic (exact) mass is 543 g/mol. The number of amides is 1. The Labute approximate surface area is 224 Å². The van der Waals surface area contributed by atoms with Gasteiger partial charge in [-0.1, -0.05) is 18.2 Å². The van der Waals surface area contributed by atoms with Gasteiger partial charge in [-0.15, -0.1) is 0 Å². The van der Waals surface area contributed by atoms with Crippen molar-refractivity contribution in [3.8, 4) is 0 Å². The number of aryl methyl sites for hydroxylation is 1. The van der Waals surface area contributed by atoms with E-state index in [1.807, 2.05) is 26.8 Å². The van der Waals surface area contributed by atoms with Gasteiger partial charge in [0.2, 0.25) is 0 Å². The second-order valence-electron chi connectivity index (χ2n) is 11.1. The Kier molecular flexibility index (Phi) is 8.20. The van der Waals surface area contributed by atoms with E-state index in [1.54, 1.807) is 29.2 Å². The van der Waals surface area contributed by atoms with Crippen LogP contribution in [0.15, 0.2) is 41.3 Å². The molecule has 2 aromatic carbocycles. The first-order valence-corrected chi connectivity index (χ1v) is 14.6. The molecule has 1 fully saturated rings. The van der Waals surface area contributed by atoms with E-state index in [-0.39, 0.29) is 28.2 Å². The normalized spacial score (nSPS) is 17.9. The maximum Gasteiger partial charge on any atom is 0.410 e. The number of carboxylic acid groups (broad SMARTS) is 1. The lowest BCUT2D eigenvalue weighted by Crippen LogP contribution is -2.44. The number of fused-ring (bicyclic) bond motifs is 1. The average Bonchev–Trinajstić information content (AvgIpc) is 2.86. The van der Waals surface area contributed by atoms with Gasteiger partial charge >= 0.3 is 12.1 Å². The summed E-state index contributed by atoms with van der Waals surface area (Å²) in [7, 11) is -4.08. The number of sulfonamides is 1. The fourth-order valence-corrected chi connectivity index (χ4v) is 6.44. The van der Waals surface area contributed by atoms with Gasteiger partial charge in [0.05, 0.1) is 16.9 Å². The van der Waals surface area contributed by atoms with Crippen molar-refractivity contribution in [1.82, 2.24) is 4.90 Å². The van der Waals surface area contributed by atoms with E-state index in [2.05, 4.69) is 10.0 Å². The summed E-state index contributed by atoms with van der Waals surface area (Å²) in [6.45, 7) is 7.14. The van der Waals surface area contributed by atoms with Crippen LogP contribution in [0.4, 0.5) is 16.2 Å². The zero-order chi connectivity index (χ0) is 27.5. The molecule has 0 bridgehead atoms. The molecule has 0 aromatic heterocycles. The van der Waals surface area contributed by atoms with Crippen LogP contribution >= 0.6 is 0 Å². The van der Waals surface area contributed by atoms with Crippen molar-refractivity contribution in [3.63, 3.8) is 0 Å². The summed E-state index contributed by atoms with van der Waals surface area (Å²) in [6, 6.07) is 9.94. The third kappa shape index (κ3) is 6.59. The summed E-state index contributed by atoms with van der Waals surface area (Å²) in [4.78, 5) is 26.4. The minimum Gasteiger partial charge on any atom is -0.478 e. The first-order chi connectivity index (χ1) is 17.9. The minimum absolute atomic E-state index is 0.0284. The van der Waals surface area contributed by atoms with Crippen molar-refractivity contribution in [1.29, 1.82) is 0 Å². The highest BCUT2D eigenvalue weighted by Crippen LogP contribution is 2.32. The summed E-state index contributed by atoms with van der Waals surface area (Å²) in [6.07, 6.45) is 4.68. The number of anilines is 2. The molecule has 1 atom stereocenters. The molecule has 1 aliphatic heterocycles. The van der Waals surface area contributed by atoms with Crippen molar-refractivity contribution < 1.29 is 27.9 Å². The molecule has 1 heterocycles. The lowest BCUT2D eigenvalue weighted by molar-refractivity contribution is 0.0172.